The molecule has 2 fully saturated rings. The van der Waals surface area contributed by atoms with Crippen molar-refractivity contribution in [3.63, 3.8) is 0 Å². The van der Waals surface area contributed by atoms with Crippen molar-refractivity contribution in [2.24, 2.45) is 0 Å². The Hall–Kier alpha value is -2.03. The molecule has 1 aromatic carbocycles. The predicted octanol–water partition coefficient (Wildman–Crippen LogP) is 1.75. The van der Waals surface area contributed by atoms with Crippen LogP contribution in [0.2, 0.25) is 0 Å². The molecular weight excluding hydrogens is 346 g/mol. The number of urea groups is 1. The summed E-state index contributed by atoms with van der Waals surface area (Å²) >= 11 is 0. The van der Waals surface area contributed by atoms with Crippen LogP contribution in [-0.4, -0.2) is 37.4 Å². The van der Waals surface area contributed by atoms with E-state index in [-0.39, 0.29) is 24.2 Å². The Labute approximate surface area is 160 Å². The molecule has 2 amide bonds. The number of hydrazine groups is 2. The highest BCUT2D eigenvalue weighted by molar-refractivity contribution is 5.75. The van der Waals surface area contributed by atoms with Gasteiger partial charge in [0.1, 0.15) is 0 Å². The maximum Gasteiger partial charge on any atom is 0.315 e. The Bertz CT molecular complexity index is 642. The van der Waals surface area contributed by atoms with Gasteiger partial charge >= 0.3 is 6.03 Å². The van der Waals surface area contributed by atoms with Crippen LogP contribution >= 0.6 is 0 Å². The Morgan fingerprint density at radius 1 is 1.19 bits per heavy atom. The number of fused-ring (bicyclic) bond motifs is 1. The second-order valence-corrected chi connectivity index (χ2v) is 7.00. The third-order valence-corrected chi connectivity index (χ3v) is 5.13. The molecule has 0 bridgehead atoms. The first-order valence-corrected chi connectivity index (χ1v) is 9.85. The first kappa shape index (κ1) is 19.7. The minimum atomic E-state index is -0.159. The normalized spacial score (nSPS) is 25.4. The largest absolute Gasteiger partial charge is 0.490 e. The van der Waals surface area contributed by atoms with Gasteiger partial charge in [0.15, 0.2) is 11.5 Å². The first-order valence-electron chi connectivity index (χ1n) is 9.85. The summed E-state index contributed by atoms with van der Waals surface area (Å²) in [6.07, 6.45) is 3.17. The fraction of sp³-hybridized carbons (Fsp3) is 0.632. The van der Waals surface area contributed by atoms with E-state index in [0.29, 0.717) is 25.0 Å². The van der Waals surface area contributed by atoms with Gasteiger partial charge in [0.25, 0.3) is 0 Å². The minimum absolute atomic E-state index is 0.0952. The van der Waals surface area contributed by atoms with Crippen molar-refractivity contribution in [1.29, 1.82) is 0 Å². The lowest BCUT2D eigenvalue weighted by atomic mass is 9.87. The fourth-order valence-corrected chi connectivity index (χ4v) is 3.77. The second-order valence-electron chi connectivity index (χ2n) is 7.00. The first-order chi connectivity index (χ1) is 13.1. The zero-order valence-corrected chi connectivity index (χ0v) is 16.3. The van der Waals surface area contributed by atoms with Gasteiger partial charge < -0.3 is 20.1 Å². The molecule has 8 heteroatoms. The summed E-state index contributed by atoms with van der Waals surface area (Å²) in [5.74, 6) is 1.42. The summed E-state index contributed by atoms with van der Waals surface area (Å²) in [6.45, 7) is 6.99. The summed E-state index contributed by atoms with van der Waals surface area (Å²) in [6, 6.07) is 6.13. The highest BCUT2D eigenvalue weighted by Gasteiger charge is 2.37. The van der Waals surface area contributed by atoms with Crippen molar-refractivity contribution in [2.45, 2.75) is 64.2 Å². The quantitative estimate of drug-likeness (QED) is 0.497. The molecule has 1 aromatic rings. The molecule has 1 saturated carbocycles. The predicted molar refractivity (Wildman–Crippen MR) is 103 cm³/mol. The van der Waals surface area contributed by atoms with E-state index in [1.807, 2.05) is 39.0 Å². The van der Waals surface area contributed by atoms with Crippen LogP contribution in [0.3, 0.4) is 0 Å². The van der Waals surface area contributed by atoms with Crippen LogP contribution in [0, 0.1) is 0 Å². The molecular formula is C19H31N5O3. The number of carbonyl (C=O) groups excluding carboxylic acids is 1. The number of hydrogen-bond acceptors (Lipinski definition) is 6. The lowest BCUT2D eigenvalue weighted by Crippen LogP contribution is -2.56. The number of ether oxygens (including phenoxy) is 2. The molecule has 3 rings (SSSR count). The SMILES string of the molecule is CCOc1ccc(C(C)NC(=O)NC2CCCC3NNNC32)cc1OCC. The molecule has 1 heterocycles. The number of hydrogen-bond donors (Lipinski definition) is 5. The molecule has 0 radical (unpaired) electrons. The third-order valence-electron chi connectivity index (χ3n) is 5.13. The molecule has 27 heavy (non-hydrogen) atoms. The van der Waals surface area contributed by atoms with Gasteiger partial charge in [-0.3, -0.25) is 0 Å². The Kier molecular flexibility index (Phi) is 6.76. The van der Waals surface area contributed by atoms with E-state index in [0.717, 1.165) is 30.6 Å². The highest BCUT2D eigenvalue weighted by atomic mass is 16.5. The van der Waals surface area contributed by atoms with Gasteiger partial charge in [-0.15, -0.1) is 0 Å². The van der Waals surface area contributed by atoms with Gasteiger partial charge in [-0.05, 0) is 57.7 Å². The van der Waals surface area contributed by atoms with Crippen LogP contribution < -0.4 is 36.5 Å². The average Bonchev–Trinajstić information content (AvgIpc) is 3.13. The molecule has 4 unspecified atom stereocenters. The van der Waals surface area contributed by atoms with E-state index in [9.17, 15) is 4.79 Å². The van der Waals surface area contributed by atoms with Gasteiger partial charge in [0, 0.05) is 12.1 Å². The van der Waals surface area contributed by atoms with Crippen molar-refractivity contribution in [1.82, 2.24) is 27.0 Å². The van der Waals surface area contributed by atoms with Gasteiger partial charge in [-0.25, -0.2) is 15.6 Å². The van der Waals surface area contributed by atoms with Crippen LogP contribution in [0.5, 0.6) is 11.5 Å². The summed E-state index contributed by atoms with van der Waals surface area (Å²) in [4.78, 5) is 12.5. The van der Waals surface area contributed by atoms with E-state index in [4.69, 9.17) is 9.47 Å². The van der Waals surface area contributed by atoms with E-state index in [1.165, 1.54) is 0 Å². The topological polar surface area (TPSA) is 95.7 Å². The lowest BCUT2D eigenvalue weighted by Gasteiger charge is -2.33. The van der Waals surface area contributed by atoms with Gasteiger partial charge in [0.2, 0.25) is 0 Å². The molecule has 8 nitrogen and oxygen atoms in total. The van der Waals surface area contributed by atoms with Crippen LogP contribution in [0.15, 0.2) is 18.2 Å². The summed E-state index contributed by atoms with van der Waals surface area (Å²) < 4.78 is 11.3. The maximum atomic E-state index is 12.5. The zero-order chi connectivity index (χ0) is 19.2. The number of carbonyl (C=O) groups is 1. The van der Waals surface area contributed by atoms with Crippen molar-refractivity contribution in [3.05, 3.63) is 23.8 Å². The number of nitrogens with one attached hydrogen (secondary N) is 5. The smallest absolute Gasteiger partial charge is 0.315 e. The monoisotopic (exact) mass is 377 g/mol. The van der Waals surface area contributed by atoms with E-state index < -0.39 is 0 Å². The molecule has 1 saturated heterocycles. The molecule has 2 aliphatic rings. The highest BCUT2D eigenvalue weighted by Crippen LogP contribution is 2.30. The van der Waals surface area contributed by atoms with Crippen molar-refractivity contribution in [3.8, 4) is 11.5 Å². The molecule has 4 atom stereocenters. The summed E-state index contributed by atoms with van der Waals surface area (Å²) in [5, 5.41) is 6.14. The van der Waals surface area contributed by atoms with Crippen LogP contribution in [0.1, 0.15) is 51.6 Å². The Balaban J connectivity index is 1.59. The number of rotatable bonds is 7. The molecule has 1 aliphatic heterocycles. The van der Waals surface area contributed by atoms with E-state index in [1.54, 1.807) is 0 Å². The third kappa shape index (κ3) is 4.82. The van der Waals surface area contributed by atoms with Gasteiger partial charge in [-0.1, -0.05) is 6.07 Å². The van der Waals surface area contributed by atoms with Crippen LogP contribution in [0.25, 0.3) is 0 Å². The van der Waals surface area contributed by atoms with Crippen molar-refractivity contribution in [2.75, 3.05) is 13.2 Å². The molecule has 0 aromatic heterocycles. The Morgan fingerprint density at radius 3 is 2.74 bits per heavy atom. The summed E-state index contributed by atoms with van der Waals surface area (Å²) in [5.41, 5.74) is 10.4. The van der Waals surface area contributed by atoms with Crippen LogP contribution in [-0.2, 0) is 0 Å². The molecule has 150 valence electrons. The molecule has 1 aliphatic carbocycles. The zero-order valence-electron chi connectivity index (χ0n) is 16.3. The van der Waals surface area contributed by atoms with Crippen molar-refractivity contribution < 1.29 is 14.3 Å². The fourth-order valence-electron chi connectivity index (χ4n) is 3.77. The summed E-state index contributed by atoms with van der Waals surface area (Å²) in [7, 11) is 0. The Morgan fingerprint density at radius 2 is 1.96 bits per heavy atom. The van der Waals surface area contributed by atoms with Gasteiger partial charge in [-0.2, -0.15) is 5.53 Å². The van der Waals surface area contributed by atoms with Crippen molar-refractivity contribution >= 4 is 6.03 Å². The number of amides is 2. The number of benzene rings is 1. The van der Waals surface area contributed by atoms with Gasteiger partial charge in [0.05, 0.1) is 25.3 Å². The minimum Gasteiger partial charge on any atom is -0.490 e. The molecule has 0 spiro atoms. The maximum absolute atomic E-state index is 12.5. The van der Waals surface area contributed by atoms with E-state index >= 15 is 0 Å². The van der Waals surface area contributed by atoms with E-state index in [2.05, 4.69) is 27.0 Å². The van der Waals surface area contributed by atoms with Crippen LogP contribution in [0.4, 0.5) is 4.79 Å². The standard InChI is InChI=1S/C19H31N5O3/c1-4-26-16-10-9-13(11-17(16)27-5-2)12(3)20-19(25)21-14-7-6-8-15-18(14)23-24-22-15/h9-12,14-15,18,22-24H,4-8H2,1-3H3,(H2,20,21,25). The second kappa shape index (κ2) is 9.25. The lowest BCUT2D eigenvalue weighted by molar-refractivity contribution is 0.221. The average molecular weight is 377 g/mol. The molecule has 5 N–H and O–H groups in total.